The number of nitrogens with zero attached hydrogens (tertiary/aromatic N) is 1. The first-order valence-corrected chi connectivity index (χ1v) is 5.70. The highest BCUT2D eigenvalue weighted by Gasteiger charge is 2.31. The molecule has 0 radical (unpaired) electrons. The molecule has 0 spiro atoms. The number of primary amides is 1. The van der Waals surface area contributed by atoms with Gasteiger partial charge in [0.15, 0.2) is 0 Å². The van der Waals surface area contributed by atoms with Crippen molar-refractivity contribution in [2.24, 2.45) is 11.7 Å². The van der Waals surface area contributed by atoms with Crippen molar-refractivity contribution in [1.29, 1.82) is 0 Å². The van der Waals surface area contributed by atoms with Crippen LogP contribution in [0.25, 0.3) is 0 Å². The van der Waals surface area contributed by atoms with Gasteiger partial charge in [-0.2, -0.15) is 0 Å². The first kappa shape index (κ1) is 12.0. The Kier molecular flexibility index (Phi) is 4.12. The molecule has 1 saturated heterocycles. The summed E-state index contributed by atoms with van der Waals surface area (Å²) in [5.41, 5.74) is 5.04. The molecule has 2 atom stereocenters. The van der Waals surface area contributed by atoms with E-state index in [2.05, 4.69) is 6.92 Å². The van der Waals surface area contributed by atoms with E-state index in [0.717, 1.165) is 25.7 Å². The predicted octanol–water partition coefficient (Wildman–Crippen LogP) is 0.899. The molecule has 2 N–H and O–H groups in total. The molecule has 86 valence electrons. The van der Waals surface area contributed by atoms with Crippen molar-refractivity contribution in [3.05, 3.63) is 0 Å². The summed E-state index contributed by atoms with van der Waals surface area (Å²) in [4.78, 5) is 24.1. The number of hydrogen-bond acceptors (Lipinski definition) is 2. The summed E-state index contributed by atoms with van der Waals surface area (Å²) >= 11 is 0. The average molecular weight is 212 g/mol. The van der Waals surface area contributed by atoms with E-state index >= 15 is 0 Å². The van der Waals surface area contributed by atoms with Gasteiger partial charge in [0.05, 0.1) is 0 Å². The molecule has 4 heteroatoms. The number of carbonyl (C=O) groups excluding carboxylic acids is 2. The van der Waals surface area contributed by atoms with Crippen molar-refractivity contribution in [2.75, 3.05) is 6.54 Å². The third-order valence-electron chi connectivity index (χ3n) is 3.32. The third-order valence-corrected chi connectivity index (χ3v) is 3.32. The maximum Gasteiger partial charge on any atom is 0.311 e. The van der Waals surface area contributed by atoms with Crippen LogP contribution in [0.5, 0.6) is 0 Å². The lowest BCUT2D eigenvalue weighted by Crippen LogP contribution is -2.50. The Hall–Kier alpha value is -1.06. The molecule has 1 aliphatic rings. The van der Waals surface area contributed by atoms with Crippen LogP contribution in [0, 0.1) is 5.92 Å². The lowest BCUT2D eigenvalue weighted by Gasteiger charge is -2.38. The first-order valence-electron chi connectivity index (χ1n) is 5.70. The zero-order chi connectivity index (χ0) is 11.4. The zero-order valence-corrected chi connectivity index (χ0v) is 9.53. The second kappa shape index (κ2) is 5.14. The van der Waals surface area contributed by atoms with Gasteiger partial charge in [-0.05, 0) is 25.2 Å². The van der Waals surface area contributed by atoms with Gasteiger partial charge in [0, 0.05) is 12.6 Å². The number of rotatable bonds is 2. The number of nitrogens with two attached hydrogens (primary N) is 1. The fourth-order valence-corrected chi connectivity index (χ4v) is 2.25. The number of hydrogen-bond donors (Lipinski definition) is 1. The molecule has 0 aromatic rings. The topological polar surface area (TPSA) is 63.4 Å². The standard InChI is InChI=1S/C11H20N2O2/c1-3-8-5-6-9(4-2)13(7-8)11(15)10(12)14/h8-9H,3-7H2,1-2H3,(H2,12,14)/t8-,9-/m0/s1. The Bertz CT molecular complexity index is 253. The van der Waals surface area contributed by atoms with Gasteiger partial charge in [-0.1, -0.05) is 20.3 Å². The van der Waals surface area contributed by atoms with Crippen LogP contribution in [0.15, 0.2) is 0 Å². The van der Waals surface area contributed by atoms with E-state index in [9.17, 15) is 9.59 Å². The van der Waals surface area contributed by atoms with E-state index in [-0.39, 0.29) is 6.04 Å². The largest absolute Gasteiger partial charge is 0.361 e. The van der Waals surface area contributed by atoms with Crippen LogP contribution in [0.1, 0.15) is 39.5 Å². The van der Waals surface area contributed by atoms with Crippen molar-refractivity contribution in [3.63, 3.8) is 0 Å². The van der Waals surface area contributed by atoms with Gasteiger partial charge in [0.2, 0.25) is 0 Å². The van der Waals surface area contributed by atoms with E-state index in [1.807, 2.05) is 6.92 Å². The molecule has 0 aromatic heterocycles. The lowest BCUT2D eigenvalue weighted by atomic mass is 9.90. The average Bonchev–Trinajstić information content (AvgIpc) is 2.27. The summed E-state index contributed by atoms with van der Waals surface area (Å²) in [6.45, 7) is 4.85. The summed E-state index contributed by atoms with van der Waals surface area (Å²) in [5.74, 6) is -0.818. The molecule has 4 nitrogen and oxygen atoms in total. The number of carbonyl (C=O) groups is 2. The first-order chi connectivity index (χ1) is 7.10. The minimum Gasteiger partial charge on any atom is -0.361 e. The maximum absolute atomic E-state index is 11.6. The highest BCUT2D eigenvalue weighted by Crippen LogP contribution is 2.25. The summed E-state index contributed by atoms with van der Waals surface area (Å²) in [6.07, 6.45) is 4.10. The Labute approximate surface area is 90.8 Å². The fourth-order valence-electron chi connectivity index (χ4n) is 2.25. The molecule has 2 amide bonds. The van der Waals surface area contributed by atoms with Crippen LogP contribution in [0.4, 0.5) is 0 Å². The predicted molar refractivity (Wildman–Crippen MR) is 58.0 cm³/mol. The van der Waals surface area contributed by atoms with E-state index in [0.29, 0.717) is 12.5 Å². The Balaban J connectivity index is 2.71. The molecule has 1 rings (SSSR count). The van der Waals surface area contributed by atoms with Crippen LogP contribution in [0.2, 0.25) is 0 Å². The van der Waals surface area contributed by atoms with Crippen LogP contribution >= 0.6 is 0 Å². The van der Waals surface area contributed by atoms with Crippen molar-refractivity contribution in [1.82, 2.24) is 4.90 Å². The minimum absolute atomic E-state index is 0.202. The molecule has 0 aliphatic carbocycles. The van der Waals surface area contributed by atoms with E-state index in [1.165, 1.54) is 0 Å². The maximum atomic E-state index is 11.6. The molecular weight excluding hydrogens is 192 g/mol. The Morgan fingerprint density at radius 1 is 1.27 bits per heavy atom. The Morgan fingerprint density at radius 2 is 1.93 bits per heavy atom. The third kappa shape index (κ3) is 2.70. The summed E-state index contributed by atoms with van der Waals surface area (Å²) in [7, 11) is 0. The van der Waals surface area contributed by atoms with Gasteiger partial charge in [-0.15, -0.1) is 0 Å². The molecule has 0 unspecified atom stereocenters. The van der Waals surface area contributed by atoms with Crippen LogP contribution < -0.4 is 5.73 Å². The van der Waals surface area contributed by atoms with Crippen LogP contribution in [-0.2, 0) is 9.59 Å². The van der Waals surface area contributed by atoms with E-state index in [4.69, 9.17) is 5.73 Å². The van der Waals surface area contributed by atoms with Crippen molar-refractivity contribution >= 4 is 11.8 Å². The molecular formula is C11H20N2O2. The molecule has 1 heterocycles. The molecule has 0 aromatic carbocycles. The van der Waals surface area contributed by atoms with Crippen LogP contribution in [0.3, 0.4) is 0 Å². The van der Waals surface area contributed by atoms with Gasteiger partial charge >= 0.3 is 11.8 Å². The normalized spacial score (nSPS) is 26.4. The van der Waals surface area contributed by atoms with E-state index < -0.39 is 11.8 Å². The number of piperidine rings is 1. The quantitative estimate of drug-likeness (QED) is 0.691. The number of amides is 2. The molecule has 0 saturated carbocycles. The van der Waals surface area contributed by atoms with Gasteiger partial charge in [0.1, 0.15) is 0 Å². The van der Waals surface area contributed by atoms with E-state index in [1.54, 1.807) is 4.90 Å². The van der Waals surface area contributed by atoms with Gasteiger partial charge in [-0.3, -0.25) is 9.59 Å². The smallest absolute Gasteiger partial charge is 0.311 e. The zero-order valence-electron chi connectivity index (χ0n) is 9.53. The SMILES string of the molecule is CC[C@H]1CC[C@H](CC)N(C(=O)C(N)=O)C1. The summed E-state index contributed by atoms with van der Waals surface area (Å²) in [6, 6.07) is 0.202. The molecule has 0 bridgehead atoms. The summed E-state index contributed by atoms with van der Waals surface area (Å²) in [5, 5.41) is 0. The van der Waals surface area contributed by atoms with Crippen LogP contribution in [-0.4, -0.2) is 29.3 Å². The number of likely N-dealkylation sites (tertiary alicyclic amines) is 1. The molecule has 1 fully saturated rings. The van der Waals surface area contributed by atoms with Gasteiger partial charge in [-0.25, -0.2) is 0 Å². The molecule has 15 heavy (non-hydrogen) atoms. The Morgan fingerprint density at radius 3 is 2.40 bits per heavy atom. The highest BCUT2D eigenvalue weighted by molar-refractivity contribution is 6.34. The highest BCUT2D eigenvalue weighted by atomic mass is 16.2. The second-order valence-corrected chi connectivity index (χ2v) is 4.24. The van der Waals surface area contributed by atoms with Gasteiger partial charge in [0.25, 0.3) is 0 Å². The second-order valence-electron chi connectivity index (χ2n) is 4.24. The van der Waals surface area contributed by atoms with Crippen molar-refractivity contribution in [2.45, 2.75) is 45.6 Å². The lowest BCUT2D eigenvalue weighted by molar-refractivity contribution is -0.147. The van der Waals surface area contributed by atoms with Crippen molar-refractivity contribution < 1.29 is 9.59 Å². The van der Waals surface area contributed by atoms with Gasteiger partial charge < -0.3 is 10.6 Å². The minimum atomic E-state index is -0.829. The monoisotopic (exact) mass is 212 g/mol. The fraction of sp³-hybridized carbons (Fsp3) is 0.818. The van der Waals surface area contributed by atoms with Crippen molar-refractivity contribution in [3.8, 4) is 0 Å². The summed E-state index contributed by atoms with van der Waals surface area (Å²) < 4.78 is 0. The molecule has 1 aliphatic heterocycles.